The number of anilines is 3. The second-order valence-corrected chi connectivity index (χ2v) is 5.86. The molecule has 2 heterocycles. The first-order chi connectivity index (χ1) is 12.1. The highest BCUT2D eigenvalue weighted by Gasteiger charge is 2.13. The summed E-state index contributed by atoms with van der Waals surface area (Å²) in [5.41, 5.74) is 7.90. The van der Waals surface area contributed by atoms with Crippen molar-refractivity contribution < 1.29 is 8.81 Å². The van der Waals surface area contributed by atoms with Gasteiger partial charge in [-0.1, -0.05) is 11.6 Å². The minimum Gasteiger partial charge on any atom is -0.438 e. The van der Waals surface area contributed by atoms with Gasteiger partial charge in [0.1, 0.15) is 23.7 Å². The Labute approximate surface area is 147 Å². The summed E-state index contributed by atoms with van der Waals surface area (Å²) in [4.78, 5) is 8.31. The fourth-order valence-corrected chi connectivity index (χ4v) is 2.62. The summed E-state index contributed by atoms with van der Waals surface area (Å²) in [5.74, 6) is 0.591. The Morgan fingerprint density at radius 3 is 2.60 bits per heavy atom. The molecule has 0 unspecified atom stereocenters. The van der Waals surface area contributed by atoms with E-state index in [1.54, 1.807) is 30.3 Å². The van der Waals surface area contributed by atoms with Crippen LogP contribution in [-0.2, 0) is 0 Å². The number of nitrogens with zero attached hydrogens (tertiary/aromatic N) is 2. The molecule has 0 atom stereocenters. The van der Waals surface area contributed by atoms with Crippen molar-refractivity contribution in [2.45, 2.75) is 0 Å². The van der Waals surface area contributed by atoms with Crippen molar-refractivity contribution in [2.24, 2.45) is 0 Å². The van der Waals surface area contributed by atoms with Crippen LogP contribution in [-0.4, -0.2) is 9.97 Å². The van der Waals surface area contributed by atoms with E-state index in [4.69, 9.17) is 21.8 Å². The molecule has 4 rings (SSSR count). The molecule has 3 N–H and O–H groups in total. The number of nitrogens with two attached hydrogens (primary N) is 1. The van der Waals surface area contributed by atoms with Crippen LogP contribution in [0.15, 0.2) is 59.3 Å². The molecule has 7 heteroatoms. The molecule has 0 saturated carbocycles. The molecule has 25 heavy (non-hydrogen) atoms. The Balaban J connectivity index is 1.76. The number of benzene rings is 2. The lowest BCUT2D eigenvalue weighted by Crippen LogP contribution is -1.97. The standard InChI is InChI=1S/C18H12ClFN4O/c19-11-3-6-15(14(20)7-11)24-17-13-8-16(25-18(13)23-9-22-17)10-1-4-12(21)5-2-10/h1-9H,21H2,(H,22,23,24). The number of halogens is 2. The minimum atomic E-state index is -0.471. The van der Waals surface area contributed by atoms with E-state index in [9.17, 15) is 4.39 Å². The first-order valence-corrected chi connectivity index (χ1v) is 7.80. The Hall–Kier alpha value is -3.12. The number of rotatable bonds is 3. The van der Waals surface area contributed by atoms with E-state index in [1.165, 1.54) is 12.4 Å². The first kappa shape index (κ1) is 15.4. The van der Waals surface area contributed by atoms with Crippen LogP contribution in [0.1, 0.15) is 0 Å². The van der Waals surface area contributed by atoms with Crippen molar-refractivity contribution in [1.82, 2.24) is 9.97 Å². The molecule has 0 spiro atoms. The normalized spacial score (nSPS) is 11.0. The minimum absolute atomic E-state index is 0.264. The summed E-state index contributed by atoms with van der Waals surface area (Å²) in [6, 6.07) is 13.5. The number of hydrogen-bond acceptors (Lipinski definition) is 5. The smallest absolute Gasteiger partial charge is 0.231 e. The van der Waals surface area contributed by atoms with Gasteiger partial charge in [-0.25, -0.2) is 14.4 Å². The van der Waals surface area contributed by atoms with Gasteiger partial charge in [0.05, 0.1) is 11.1 Å². The summed E-state index contributed by atoms with van der Waals surface area (Å²) in [6.07, 6.45) is 1.36. The van der Waals surface area contributed by atoms with Gasteiger partial charge in [-0.05, 0) is 48.5 Å². The van der Waals surface area contributed by atoms with Crippen LogP contribution in [0, 0.1) is 5.82 Å². The van der Waals surface area contributed by atoms with Crippen molar-refractivity contribution in [1.29, 1.82) is 0 Å². The lowest BCUT2D eigenvalue weighted by molar-refractivity contribution is 0.617. The molecule has 0 bridgehead atoms. The lowest BCUT2D eigenvalue weighted by atomic mass is 10.1. The second kappa shape index (κ2) is 6.07. The molecule has 0 radical (unpaired) electrons. The number of fused-ring (bicyclic) bond motifs is 1. The number of nitrogen functional groups attached to an aromatic ring is 1. The molecule has 5 nitrogen and oxygen atoms in total. The average Bonchev–Trinajstić information content (AvgIpc) is 3.03. The van der Waals surface area contributed by atoms with Gasteiger partial charge in [0.25, 0.3) is 0 Å². The second-order valence-electron chi connectivity index (χ2n) is 5.42. The molecule has 4 aromatic rings. The fraction of sp³-hybridized carbons (Fsp3) is 0. The third-order valence-electron chi connectivity index (χ3n) is 3.71. The summed E-state index contributed by atoms with van der Waals surface area (Å²) in [6.45, 7) is 0. The topological polar surface area (TPSA) is 77.0 Å². The van der Waals surface area contributed by atoms with Crippen LogP contribution in [0.5, 0.6) is 0 Å². The van der Waals surface area contributed by atoms with E-state index in [1.807, 2.05) is 12.1 Å². The Bertz CT molecular complexity index is 1060. The number of hydrogen-bond donors (Lipinski definition) is 2. The van der Waals surface area contributed by atoms with Crippen LogP contribution >= 0.6 is 11.6 Å². The molecule has 0 amide bonds. The van der Waals surface area contributed by atoms with E-state index in [0.29, 0.717) is 33.4 Å². The zero-order valence-corrected chi connectivity index (χ0v) is 13.6. The summed E-state index contributed by atoms with van der Waals surface area (Å²) in [5, 5.41) is 3.92. The third-order valence-corrected chi connectivity index (χ3v) is 3.94. The lowest BCUT2D eigenvalue weighted by Gasteiger charge is -2.07. The maximum Gasteiger partial charge on any atom is 0.231 e. The van der Waals surface area contributed by atoms with Gasteiger partial charge in [0, 0.05) is 16.3 Å². The van der Waals surface area contributed by atoms with Crippen molar-refractivity contribution in [3.8, 4) is 11.3 Å². The van der Waals surface area contributed by atoms with Crippen LogP contribution in [0.4, 0.5) is 21.6 Å². The molecule has 124 valence electrons. The maximum absolute atomic E-state index is 14.0. The van der Waals surface area contributed by atoms with Crippen molar-refractivity contribution in [2.75, 3.05) is 11.1 Å². The van der Waals surface area contributed by atoms with Gasteiger partial charge in [-0.15, -0.1) is 0 Å². The molecule has 2 aromatic heterocycles. The van der Waals surface area contributed by atoms with Gasteiger partial charge in [-0.2, -0.15) is 0 Å². The fourth-order valence-electron chi connectivity index (χ4n) is 2.46. The monoisotopic (exact) mass is 354 g/mol. The van der Waals surface area contributed by atoms with Gasteiger partial charge in [0.2, 0.25) is 5.71 Å². The summed E-state index contributed by atoms with van der Waals surface area (Å²) >= 11 is 5.78. The van der Waals surface area contributed by atoms with Crippen LogP contribution in [0.3, 0.4) is 0 Å². The molecule has 0 aliphatic carbocycles. The Morgan fingerprint density at radius 2 is 1.84 bits per heavy atom. The van der Waals surface area contributed by atoms with Crippen LogP contribution < -0.4 is 11.1 Å². The SMILES string of the molecule is Nc1ccc(-c2cc3c(Nc4ccc(Cl)cc4F)ncnc3o2)cc1. The van der Waals surface area contributed by atoms with Crippen LogP contribution in [0.2, 0.25) is 5.02 Å². The maximum atomic E-state index is 14.0. The Kier molecular flexibility index (Phi) is 3.74. The molecular weight excluding hydrogens is 343 g/mol. The summed E-state index contributed by atoms with van der Waals surface area (Å²) in [7, 11) is 0. The molecule has 0 aliphatic heterocycles. The first-order valence-electron chi connectivity index (χ1n) is 7.43. The average molecular weight is 355 g/mol. The van der Waals surface area contributed by atoms with Gasteiger partial charge in [0.15, 0.2) is 0 Å². The quantitative estimate of drug-likeness (QED) is 0.506. The van der Waals surface area contributed by atoms with Gasteiger partial charge < -0.3 is 15.5 Å². The van der Waals surface area contributed by atoms with Crippen molar-refractivity contribution >= 4 is 39.9 Å². The highest BCUT2D eigenvalue weighted by Crippen LogP contribution is 2.32. The van der Waals surface area contributed by atoms with Crippen molar-refractivity contribution in [3.05, 3.63) is 65.7 Å². The predicted octanol–water partition coefficient (Wildman–Crippen LogP) is 5.01. The van der Waals surface area contributed by atoms with Gasteiger partial charge in [-0.3, -0.25) is 0 Å². The third kappa shape index (κ3) is 2.99. The molecule has 0 saturated heterocycles. The number of furan rings is 1. The zero-order valence-electron chi connectivity index (χ0n) is 12.8. The predicted molar refractivity (Wildman–Crippen MR) is 96.3 cm³/mol. The van der Waals surface area contributed by atoms with E-state index >= 15 is 0 Å². The van der Waals surface area contributed by atoms with Gasteiger partial charge >= 0.3 is 0 Å². The Morgan fingerprint density at radius 1 is 1.04 bits per heavy atom. The van der Waals surface area contributed by atoms with Crippen molar-refractivity contribution in [3.63, 3.8) is 0 Å². The van der Waals surface area contributed by atoms with E-state index < -0.39 is 5.82 Å². The van der Waals surface area contributed by atoms with E-state index in [-0.39, 0.29) is 5.69 Å². The molecule has 0 aliphatic rings. The van der Waals surface area contributed by atoms with E-state index in [0.717, 1.165) is 5.56 Å². The summed E-state index contributed by atoms with van der Waals surface area (Å²) < 4.78 is 19.8. The molecule has 2 aromatic carbocycles. The zero-order chi connectivity index (χ0) is 17.4. The highest BCUT2D eigenvalue weighted by atomic mass is 35.5. The van der Waals surface area contributed by atoms with E-state index in [2.05, 4.69) is 15.3 Å². The molecular formula is C18H12ClFN4O. The molecule has 0 fully saturated rings. The highest BCUT2D eigenvalue weighted by molar-refractivity contribution is 6.30. The number of aromatic nitrogens is 2. The number of nitrogens with one attached hydrogen (secondary N) is 1. The van der Waals surface area contributed by atoms with Crippen LogP contribution in [0.25, 0.3) is 22.4 Å². The largest absolute Gasteiger partial charge is 0.438 e.